The number of rotatable bonds is 5. The largest absolute Gasteiger partial charge is 0.508 e. The summed E-state index contributed by atoms with van der Waals surface area (Å²) in [6, 6.07) is 7.37. The second kappa shape index (κ2) is 13.3. The molecule has 0 aromatic heterocycles. The third-order valence-corrected chi connectivity index (χ3v) is 20.9. The van der Waals surface area contributed by atoms with Gasteiger partial charge in [0.15, 0.2) is 11.4 Å². The van der Waals surface area contributed by atoms with E-state index < -0.39 is 16.4 Å². The molecule has 7 bridgehead atoms. The van der Waals surface area contributed by atoms with Gasteiger partial charge in [0.25, 0.3) is 0 Å². The molecule has 14 rings (SSSR count). The Balaban J connectivity index is 1.07. The first kappa shape index (κ1) is 38.6. The number of hydrogen-bond acceptors (Lipinski definition) is 8. The number of hydrogen-bond donors (Lipinski definition) is 2. The number of carbonyl (C=O) groups excluding carboxylic acids is 2. The van der Waals surface area contributed by atoms with Crippen LogP contribution in [0.15, 0.2) is 75.9 Å². The molecular formula is C55H67N3O5. The Kier molecular flexibility index (Phi) is 8.13. The van der Waals surface area contributed by atoms with Crippen LogP contribution in [0.3, 0.4) is 0 Å². The zero-order chi connectivity index (χ0) is 42.3. The predicted octanol–water partition coefficient (Wildman–Crippen LogP) is 9.57. The van der Waals surface area contributed by atoms with E-state index in [1.54, 1.807) is 5.70 Å². The fourth-order valence-corrected chi connectivity index (χ4v) is 18.7. The summed E-state index contributed by atoms with van der Waals surface area (Å²) < 4.78 is 14.4. The van der Waals surface area contributed by atoms with Crippen molar-refractivity contribution in [3.63, 3.8) is 0 Å². The maximum Gasteiger partial charge on any atom is 0.339 e. The SMILES string of the molecule is C[C@H]1CCC2=C[C@H]3[C@H]4C5=C2[C@]26C(=O)O/C(=C(/O)[C@@H]7CC[C@@H]8[C@H]9C[C@@H](CN8[C@H]7CC7CCCCC7)[C@@H]7C=CC(=C4N7C9)C[C@@H]3C)[C@@]2(CC5)[C@]2(OC(=O)c3c(CCCN)cccc32)[C@H]6C1. The summed E-state index contributed by atoms with van der Waals surface area (Å²) in [5.74, 6) is 2.99. The van der Waals surface area contributed by atoms with Crippen molar-refractivity contribution in [2.75, 3.05) is 19.6 Å². The van der Waals surface area contributed by atoms with Gasteiger partial charge in [-0.1, -0.05) is 88.0 Å². The third-order valence-electron chi connectivity index (χ3n) is 20.9. The van der Waals surface area contributed by atoms with Gasteiger partial charge in [-0.05, 0) is 141 Å². The van der Waals surface area contributed by atoms with Crippen molar-refractivity contribution in [1.29, 1.82) is 0 Å². The van der Waals surface area contributed by atoms with Crippen LogP contribution >= 0.6 is 0 Å². The molecule has 0 radical (unpaired) electrons. The summed E-state index contributed by atoms with van der Waals surface area (Å²) in [5, 5.41) is 13.7. The topological polar surface area (TPSA) is 105 Å². The molecule has 7 heterocycles. The van der Waals surface area contributed by atoms with Gasteiger partial charge in [0.2, 0.25) is 0 Å². The van der Waals surface area contributed by atoms with E-state index in [1.165, 1.54) is 60.8 Å². The van der Waals surface area contributed by atoms with Gasteiger partial charge >= 0.3 is 11.9 Å². The molecule has 0 amide bonds. The van der Waals surface area contributed by atoms with Gasteiger partial charge in [0, 0.05) is 54.2 Å². The van der Waals surface area contributed by atoms with Crippen LogP contribution < -0.4 is 5.73 Å². The third kappa shape index (κ3) is 4.53. The highest BCUT2D eigenvalue weighted by Gasteiger charge is 2.94. The lowest BCUT2D eigenvalue weighted by molar-refractivity contribution is -0.279. The minimum Gasteiger partial charge on any atom is -0.508 e. The first-order chi connectivity index (χ1) is 30.7. The fourth-order valence-electron chi connectivity index (χ4n) is 18.7. The highest BCUT2D eigenvalue weighted by atomic mass is 16.6. The zero-order valence-electron chi connectivity index (χ0n) is 37.6. The number of esters is 2. The highest BCUT2D eigenvalue weighted by molar-refractivity contribution is 6.01. The molecule has 3 saturated carbocycles. The predicted molar refractivity (Wildman–Crippen MR) is 240 cm³/mol. The Hall–Kier alpha value is -3.62. The molecule has 1 aromatic carbocycles. The molecule has 4 saturated heterocycles. The lowest BCUT2D eigenvalue weighted by Gasteiger charge is -2.72. The van der Waals surface area contributed by atoms with Crippen LogP contribution in [0.1, 0.15) is 138 Å². The molecule has 13 aliphatic rings. The normalized spacial score (nSPS) is 46.2. The van der Waals surface area contributed by atoms with Crippen molar-refractivity contribution in [2.45, 2.75) is 147 Å². The second-order valence-electron chi connectivity index (χ2n) is 23.4. The van der Waals surface area contributed by atoms with E-state index in [9.17, 15) is 9.90 Å². The van der Waals surface area contributed by atoms with Gasteiger partial charge in [-0.3, -0.25) is 9.69 Å². The van der Waals surface area contributed by atoms with Crippen LogP contribution in [-0.4, -0.2) is 64.6 Å². The zero-order valence-corrected chi connectivity index (χ0v) is 37.6. The van der Waals surface area contributed by atoms with Crippen molar-refractivity contribution in [2.24, 2.45) is 69.8 Å². The van der Waals surface area contributed by atoms with E-state index in [1.807, 2.05) is 0 Å². The Morgan fingerprint density at radius 1 is 0.984 bits per heavy atom. The second-order valence-corrected chi connectivity index (χ2v) is 23.4. The van der Waals surface area contributed by atoms with Crippen LogP contribution in [0.25, 0.3) is 0 Å². The number of ether oxygens (including phenoxy) is 2. The number of aryl methyl sites for hydroxylation is 1. The average molecular weight is 850 g/mol. The summed E-state index contributed by atoms with van der Waals surface area (Å²) in [4.78, 5) is 36.9. The molecule has 14 atom stereocenters. The number of allylic oxidation sites excluding steroid dienone is 5. The van der Waals surface area contributed by atoms with Crippen molar-refractivity contribution in [3.8, 4) is 0 Å². The Morgan fingerprint density at radius 3 is 2.71 bits per heavy atom. The van der Waals surface area contributed by atoms with E-state index in [-0.39, 0.29) is 35.7 Å². The van der Waals surface area contributed by atoms with Crippen molar-refractivity contribution in [3.05, 3.63) is 92.6 Å². The molecule has 3 N–H and O–H groups in total. The van der Waals surface area contributed by atoms with Crippen molar-refractivity contribution < 1.29 is 24.2 Å². The van der Waals surface area contributed by atoms with Crippen molar-refractivity contribution >= 4 is 11.9 Å². The molecule has 3 spiro atoms. The number of aliphatic hydroxyl groups excluding tert-OH is 1. The van der Waals surface area contributed by atoms with Gasteiger partial charge in [0.05, 0.1) is 17.0 Å². The monoisotopic (exact) mass is 850 g/mol. The number of nitrogens with zero attached hydrogens (tertiary/aromatic N) is 2. The van der Waals surface area contributed by atoms with E-state index >= 15 is 4.79 Å². The number of carbonyl (C=O) groups is 2. The van der Waals surface area contributed by atoms with Crippen LogP contribution in [-0.2, 0) is 26.3 Å². The highest BCUT2D eigenvalue weighted by Crippen LogP contribution is 2.88. The molecule has 7 aliphatic heterocycles. The van der Waals surface area contributed by atoms with Gasteiger partial charge in [0.1, 0.15) is 11.2 Å². The standard InChI is InChI=1S/C55H67N3O5/c1-29-13-14-33-26-39-30(2)23-34-15-17-42-35-25-36-28-58(42)48(34)46(39)38-19-20-53-50(49(59)37-16-18-41(36)57(27-35)43(37)24-31-8-4-3-5-9-31)62-52(61)54(53,47(33)38)44(22-29)55(53)40-12-6-10-32(11-7-21-56)45(40)51(60)63-55/h6,10,12,15,17,26,29-31,35-37,39,41-44,46,59H,3-5,7-9,11,13-14,16,18-25,27-28,56H2,1-2H3/b50-49+/t29-,30-,35-,36-,37+,39+,41+,42-,43-,44-,46+,53+,54+,55+/m0/s1. The molecule has 8 heteroatoms. The molecule has 1 aromatic rings. The number of fused-ring (bicyclic) bond motifs is 8. The maximum absolute atomic E-state index is 16.1. The maximum atomic E-state index is 16.1. The Morgan fingerprint density at radius 2 is 1.86 bits per heavy atom. The number of benzene rings is 1. The first-order valence-corrected chi connectivity index (χ1v) is 25.8. The summed E-state index contributed by atoms with van der Waals surface area (Å²) in [6.45, 7) is 7.55. The van der Waals surface area contributed by atoms with E-state index in [4.69, 9.17) is 15.2 Å². The quantitative estimate of drug-likeness (QED) is 0.283. The smallest absolute Gasteiger partial charge is 0.339 e. The molecule has 63 heavy (non-hydrogen) atoms. The van der Waals surface area contributed by atoms with Crippen molar-refractivity contribution in [1.82, 2.24) is 9.80 Å². The minimum atomic E-state index is -1.13. The van der Waals surface area contributed by atoms with E-state index in [0.29, 0.717) is 84.1 Å². The minimum absolute atomic E-state index is 0.146. The lowest BCUT2D eigenvalue weighted by Crippen LogP contribution is -2.77. The number of piperidine rings is 3. The van der Waals surface area contributed by atoms with E-state index in [2.05, 4.69) is 60.1 Å². The summed E-state index contributed by atoms with van der Waals surface area (Å²) in [6.07, 6.45) is 25.3. The van der Waals surface area contributed by atoms with Crippen LogP contribution in [0.2, 0.25) is 0 Å². The fraction of sp³-hybridized carbons (Fsp3) is 0.673. The first-order valence-electron chi connectivity index (χ1n) is 25.8. The average Bonchev–Trinajstić information content (AvgIpc) is 3.75. The molecule has 7 fully saturated rings. The van der Waals surface area contributed by atoms with Gasteiger partial charge in [-0.2, -0.15) is 0 Å². The van der Waals surface area contributed by atoms with Gasteiger partial charge < -0.3 is 25.2 Å². The molecular weight excluding hydrogens is 783 g/mol. The van der Waals surface area contributed by atoms with Crippen LogP contribution in [0.5, 0.6) is 0 Å². The summed E-state index contributed by atoms with van der Waals surface area (Å²) >= 11 is 0. The number of aliphatic hydroxyl groups is 1. The number of nitrogens with two attached hydrogens (primary N) is 1. The lowest BCUT2D eigenvalue weighted by atomic mass is 9.28. The Bertz CT molecular complexity index is 2400. The van der Waals surface area contributed by atoms with Gasteiger partial charge in [-0.15, -0.1) is 0 Å². The van der Waals surface area contributed by atoms with Gasteiger partial charge in [-0.25, -0.2) is 4.79 Å². The van der Waals surface area contributed by atoms with Crippen LogP contribution in [0, 0.1) is 64.1 Å². The van der Waals surface area contributed by atoms with E-state index in [0.717, 1.165) is 82.0 Å². The summed E-state index contributed by atoms with van der Waals surface area (Å²) in [7, 11) is 0. The molecule has 332 valence electrons. The Labute approximate surface area is 373 Å². The molecule has 0 unspecified atom stereocenters. The van der Waals surface area contributed by atoms with Crippen LogP contribution in [0.4, 0.5) is 0 Å². The molecule has 8 nitrogen and oxygen atoms in total. The summed E-state index contributed by atoms with van der Waals surface area (Å²) in [5.41, 5.74) is 12.6. The molecule has 6 aliphatic carbocycles.